The number of carboxylic acids is 1. The first-order chi connectivity index (χ1) is 22.9. The molecule has 0 aliphatic carbocycles. The van der Waals surface area contributed by atoms with Crippen LogP contribution in [0.4, 0.5) is 11.4 Å². The van der Waals surface area contributed by atoms with Gasteiger partial charge in [0.25, 0.3) is 17.0 Å². The van der Waals surface area contributed by atoms with Crippen LogP contribution >= 0.6 is 0 Å². The standard InChI is InChI=1S/C31H48N10O7/c1-40(2)13-5-11-35-38-27(32)24-20-18-17-19(33-9-7-15-42)21(29(45)37-28(18)44)22(20)23(30(46)39-36-12-6-14-41(3)4)25(31(47)48)26(24)34-10-8-16-43/h17,33-36,42-43H,5-16H2,1-4H3,(H2,32,38)(H,39,46)(H,47,48)(H,37,44,45). The minimum Gasteiger partial charge on any atom is -0.478 e. The van der Waals surface area contributed by atoms with E-state index >= 15 is 0 Å². The number of aliphatic hydroxyl groups excluding tert-OH is 2. The van der Waals surface area contributed by atoms with Crippen LogP contribution in [0.2, 0.25) is 0 Å². The number of hydrogen-bond acceptors (Lipinski definition) is 13. The number of nitrogens with zero attached hydrogens (tertiary/aromatic N) is 3. The topological polar surface area (TPSA) is 250 Å². The van der Waals surface area contributed by atoms with E-state index in [2.05, 4.69) is 37.0 Å². The van der Waals surface area contributed by atoms with Gasteiger partial charge >= 0.3 is 5.97 Å². The van der Waals surface area contributed by atoms with Crippen molar-refractivity contribution in [2.24, 2.45) is 10.8 Å². The summed E-state index contributed by atoms with van der Waals surface area (Å²) in [5.74, 6) is -2.56. The van der Waals surface area contributed by atoms with Crippen molar-refractivity contribution in [1.29, 1.82) is 0 Å². The van der Waals surface area contributed by atoms with Gasteiger partial charge in [0.05, 0.1) is 33.2 Å². The zero-order valence-electron chi connectivity index (χ0n) is 28.0. The first-order valence-electron chi connectivity index (χ1n) is 15.8. The average Bonchev–Trinajstić information content (AvgIpc) is 3.20. The summed E-state index contributed by atoms with van der Waals surface area (Å²) >= 11 is 0. The van der Waals surface area contributed by atoms with Crippen LogP contribution in [-0.4, -0.2) is 128 Å². The SMILES string of the molecule is CN(C)CCCNN=C(N)c1c(NCCCO)c(C(=O)O)c(C(=O)NNCCCN(C)C)c2c3c(NCCCO)cc(c(=O)[nH]c3=O)c12. The van der Waals surface area contributed by atoms with Crippen molar-refractivity contribution >= 4 is 50.6 Å². The van der Waals surface area contributed by atoms with Gasteiger partial charge in [0.2, 0.25) is 0 Å². The second kappa shape index (κ2) is 18.1. The highest BCUT2D eigenvalue weighted by molar-refractivity contribution is 6.32. The fraction of sp³-hybridized carbons (Fsp3) is 0.516. The second-order valence-corrected chi connectivity index (χ2v) is 11.8. The van der Waals surface area contributed by atoms with Gasteiger partial charge in [0, 0.05) is 55.9 Å². The maximum Gasteiger partial charge on any atom is 0.338 e. The monoisotopic (exact) mass is 672 g/mol. The summed E-state index contributed by atoms with van der Waals surface area (Å²) in [7, 11) is 7.67. The molecule has 2 heterocycles. The van der Waals surface area contributed by atoms with Crippen molar-refractivity contribution in [3.05, 3.63) is 43.5 Å². The lowest BCUT2D eigenvalue weighted by Gasteiger charge is -2.23. The first kappa shape index (κ1) is 37.9. The predicted molar refractivity (Wildman–Crippen MR) is 187 cm³/mol. The van der Waals surface area contributed by atoms with E-state index in [4.69, 9.17) is 5.73 Å². The number of amidine groups is 1. The Morgan fingerprint density at radius 3 is 2.04 bits per heavy atom. The van der Waals surface area contributed by atoms with E-state index in [1.165, 1.54) is 6.07 Å². The van der Waals surface area contributed by atoms with Crippen LogP contribution in [0.25, 0.3) is 21.5 Å². The minimum absolute atomic E-state index is 0.000972. The Balaban J connectivity index is 2.46. The molecule has 4 aromatic rings. The highest BCUT2D eigenvalue weighted by Crippen LogP contribution is 2.40. The second-order valence-electron chi connectivity index (χ2n) is 11.8. The fourth-order valence-corrected chi connectivity index (χ4v) is 5.31. The molecule has 0 aliphatic rings. The van der Waals surface area contributed by atoms with Crippen molar-refractivity contribution in [3.63, 3.8) is 0 Å². The Bertz CT molecular complexity index is 1710. The van der Waals surface area contributed by atoms with Crippen molar-refractivity contribution < 1.29 is 24.9 Å². The predicted octanol–water partition coefficient (Wildman–Crippen LogP) is -0.886. The lowest BCUT2D eigenvalue weighted by atomic mass is 9.87. The molecule has 0 saturated carbocycles. The third-order valence-corrected chi connectivity index (χ3v) is 7.46. The molecule has 0 unspecified atom stereocenters. The smallest absolute Gasteiger partial charge is 0.338 e. The fourth-order valence-electron chi connectivity index (χ4n) is 5.31. The van der Waals surface area contributed by atoms with Gasteiger partial charge in [-0.1, -0.05) is 0 Å². The first-order valence-corrected chi connectivity index (χ1v) is 15.8. The number of carbonyl (C=O) groups is 2. The van der Waals surface area contributed by atoms with Crippen LogP contribution in [-0.2, 0) is 0 Å². The van der Waals surface area contributed by atoms with Gasteiger partial charge < -0.3 is 46.9 Å². The number of hydrogen-bond donors (Lipinski definition) is 10. The molecule has 48 heavy (non-hydrogen) atoms. The Kier molecular flexibility index (Phi) is 14.3. The van der Waals surface area contributed by atoms with Crippen molar-refractivity contribution in [2.45, 2.75) is 25.7 Å². The molecule has 0 radical (unpaired) electrons. The normalized spacial score (nSPS) is 12.0. The third-order valence-electron chi connectivity index (χ3n) is 7.46. The van der Waals surface area contributed by atoms with Gasteiger partial charge in [-0.2, -0.15) is 5.10 Å². The zero-order valence-corrected chi connectivity index (χ0v) is 28.0. The summed E-state index contributed by atoms with van der Waals surface area (Å²) in [6.45, 7) is 2.19. The highest BCUT2D eigenvalue weighted by atomic mass is 16.4. The number of aliphatic hydroxyl groups is 2. The summed E-state index contributed by atoms with van der Waals surface area (Å²) in [5.41, 5.74) is 12.4. The number of hydrazine groups is 1. The third kappa shape index (κ3) is 9.29. The van der Waals surface area contributed by atoms with E-state index in [9.17, 15) is 34.5 Å². The minimum atomic E-state index is -1.51. The molecular formula is C31H48N10O7. The van der Waals surface area contributed by atoms with Crippen LogP contribution in [0.5, 0.6) is 0 Å². The molecule has 0 atom stereocenters. The summed E-state index contributed by atoms with van der Waals surface area (Å²) in [6.07, 6.45) is 1.90. The van der Waals surface area contributed by atoms with Crippen LogP contribution in [0, 0.1) is 0 Å². The van der Waals surface area contributed by atoms with E-state index in [1.807, 2.05) is 38.0 Å². The Hall–Kier alpha value is -4.55. The number of aromatic amines is 1. The molecule has 0 aliphatic heterocycles. The number of hydrazone groups is 1. The van der Waals surface area contributed by atoms with Gasteiger partial charge in [0.15, 0.2) is 5.84 Å². The van der Waals surface area contributed by atoms with Gasteiger partial charge in [-0.3, -0.25) is 24.8 Å². The summed E-state index contributed by atoms with van der Waals surface area (Å²) in [5, 5.41) is 39.6. The Morgan fingerprint density at radius 2 is 1.44 bits per heavy atom. The molecule has 0 spiro atoms. The number of carbonyl (C=O) groups excluding carboxylic acids is 1. The average molecular weight is 673 g/mol. The number of rotatable bonds is 21. The highest BCUT2D eigenvalue weighted by Gasteiger charge is 2.33. The maximum atomic E-state index is 14.0. The van der Waals surface area contributed by atoms with Gasteiger partial charge in [-0.15, -0.1) is 0 Å². The molecule has 2 bridgehead atoms. The molecule has 2 aromatic heterocycles. The summed E-state index contributed by atoms with van der Waals surface area (Å²) < 4.78 is 0. The van der Waals surface area contributed by atoms with Crippen LogP contribution in [0.1, 0.15) is 52.0 Å². The number of H-pyrrole nitrogens is 1. The quantitative estimate of drug-likeness (QED) is 0.0286. The molecule has 0 fully saturated rings. The lowest BCUT2D eigenvalue weighted by molar-refractivity contribution is 0.0692. The van der Waals surface area contributed by atoms with Gasteiger partial charge in [-0.25, -0.2) is 10.2 Å². The Morgan fingerprint density at radius 1 is 0.812 bits per heavy atom. The van der Waals surface area contributed by atoms with Crippen molar-refractivity contribution in [3.8, 4) is 0 Å². The van der Waals surface area contributed by atoms with E-state index < -0.39 is 28.6 Å². The van der Waals surface area contributed by atoms with E-state index in [-0.39, 0.29) is 82.6 Å². The number of nitrogens with one attached hydrogen (secondary N) is 6. The number of amides is 1. The molecule has 17 nitrogen and oxygen atoms in total. The van der Waals surface area contributed by atoms with Gasteiger partial charge in [0.1, 0.15) is 0 Å². The molecule has 0 saturated heterocycles. The van der Waals surface area contributed by atoms with Crippen molar-refractivity contribution in [1.82, 2.24) is 31.1 Å². The number of carboxylic acid groups (broad SMARTS) is 1. The molecule has 17 heteroatoms. The maximum absolute atomic E-state index is 14.0. The van der Waals surface area contributed by atoms with Crippen LogP contribution < -0.4 is 43.8 Å². The summed E-state index contributed by atoms with van der Waals surface area (Å²) in [4.78, 5) is 60.7. The molecule has 264 valence electrons. The molecular weight excluding hydrogens is 624 g/mol. The zero-order chi connectivity index (χ0) is 35.4. The molecule has 1 amide bonds. The number of nitrogens with two attached hydrogens (primary N) is 1. The van der Waals surface area contributed by atoms with Crippen LogP contribution in [0.3, 0.4) is 0 Å². The molecule has 11 N–H and O–H groups in total. The van der Waals surface area contributed by atoms with E-state index in [0.29, 0.717) is 32.4 Å². The molecule has 4 rings (SSSR count). The lowest BCUT2D eigenvalue weighted by Crippen LogP contribution is -2.40. The van der Waals surface area contributed by atoms with Crippen LogP contribution in [0.15, 0.2) is 20.8 Å². The number of benzene rings is 2. The van der Waals surface area contributed by atoms with E-state index in [1.54, 1.807) is 0 Å². The number of aromatic carboxylic acids is 1. The molecule has 2 aromatic carbocycles. The Labute approximate surface area is 277 Å². The van der Waals surface area contributed by atoms with Gasteiger partial charge in [-0.05, 0) is 73.0 Å². The number of fused-ring (bicyclic) bond motifs is 3. The number of anilines is 2. The van der Waals surface area contributed by atoms with Crippen molar-refractivity contribution in [2.75, 3.05) is 91.3 Å². The largest absolute Gasteiger partial charge is 0.478 e. The van der Waals surface area contributed by atoms with E-state index in [0.717, 1.165) is 13.1 Å². The summed E-state index contributed by atoms with van der Waals surface area (Å²) in [6, 6.07) is 1.44. The number of aromatic nitrogens is 1.